The van der Waals surface area contributed by atoms with E-state index >= 15 is 0 Å². The molecule has 0 unspecified atom stereocenters. The fourth-order valence-corrected chi connectivity index (χ4v) is 2.84. The van der Waals surface area contributed by atoms with E-state index in [1.807, 2.05) is 11.0 Å². The summed E-state index contributed by atoms with van der Waals surface area (Å²) in [6.07, 6.45) is 4.66. The fourth-order valence-electron chi connectivity index (χ4n) is 2.84. The molecule has 1 saturated carbocycles. The van der Waals surface area contributed by atoms with Crippen LogP contribution in [0.5, 0.6) is 0 Å². The minimum absolute atomic E-state index is 0.00319. The highest BCUT2D eigenvalue weighted by atomic mass is 16.5. The van der Waals surface area contributed by atoms with Gasteiger partial charge in [-0.05, 0) is 12.8 Å². The van der Waals surface area contributed by atoms with E-state index in [0.717, 1.165) is 19.4 Å². The molecule has 88 valence electrons. The molecule has 4 heteroatoms. The lowest BCUT2D eigenvalue weighted by molar-refractivity contribution is -0.133. The quantitative estimate of drug-likeness (QED) is 0.672. The summed E-state index contributed by atoms with van der Waals surface area (Å²) in [6, 6.07) is 2.27. The van der Waals surface area contributed by atoms with Gasteiger partial charge < -0.3 is 9.64 Å². The Morgan fingerprint density at radius 1 is 1.44 bits per heavy atom. The SMILES string of the molecule is N#CCC(=O)N1CCOC[C@@H]2CCCC[C@H]21. The van der Waals surface area contributed by atoms with Crippen LogP contribution in [0.4, 0.5) is 0 Å². The maximum atomic E-state index is 11.9. The van der Waals surface area contributed by atoms with Gasteiger partial charge in [-0.25, -0.2) is 0 Å². The van der Waals surface area contributed by atoms with Gasteiger partial charge in [-0.15, -0.1) is 0 Å². The van der Waals surface area contributed by atoms with Crippen LogP contribution in [-0.4, -0.2) is 36.6 Å². The summed E-state index contributed by atoms with van der Waals surface area (Å²) >= 11 is 0. The van der Waals surface area contributed by atoms with Crippen molar-refractivity contribution < 1.29 is 9.53 Å². The molecule has 2 rings (SSSR count). The molecule has 0 aromatic rings. The number of carbonyl (C=O) groups is 1. The van der Waals surface area contributed by atoms with Crippen molar-refractivity contribution in [2.75, 3.05) is 19.8 Å². The van der Waals surface area contributed by atoms with Gasteiger partial charge in [0.15, 0.2) is 0 Å². The van der Waals surface area contributed by atoms with Crippen LogP contribution in [0.15, 0.2) is 0 Å². The van der Waals surface area contributed by atoms with Crippen molar-refractivity contribution in [2.45, 2.75) is 38.1 Å². The average molecular weight is 222 g/mol. The zero-order valence-electron chi connectivity index (χ0n) is 9.52. The summed E-state index contributed by atoms with van der Waals surface area (Å²) in [5.41, 5.74) is 0. The second-order valence-corrected chi connectivity index (χ2v) is 4.61. The van der Waals surface area contributed by atoms with Crippen LogP contribution in [0.2, 0.25) is 0 Å². The van der Waals surface area contributed by atoms with Crippen molar-refractivity contribution in [3.05, 3.63) is 0 Å². The first-order valence-corrected chi connectivity index (χ1v) is 6.07. The summed E-state index contributed by atoms with van der Waals surface area (Å²) in [6.45, 7) is 2.05. The van der Waals surface area contributed by atoms with Gasteiger partial charge in [0, 0.05) is 18.5 Å². The number of nitrogens with zero attached hydrogens (tertiary/aromatic N) is 2. The molecule has 1 saturated heterocycles. The van der Waals surface area contributed by atoms with E-state index in [0.29, 0.717) is 25.1 Å². The van der Waals surface area contributed by atoms with Crippen LogP contribution >= 0.6 is 0 Å². The number of hydrogen-bond donors (Lipinski definition) is 0. The Balaban J connectivity index is 2.08. The van der Waals surface area contributed by atoms with Crippen LogP contribution in [0, 0.1) is 17.2 Å². The molecule has 1 heterocycles. The Bertz CT molecular complexity index is 298. The number of hydrogen-bond acceptors (Lipinski definition) is 3. The topological polar surface area (TPSA) is 53.3 Å². The molecular weight excluding hydrogens is 204 g/mol. The normalized spacial score (nSPS) is 30.1. The molecule has 2 aliphatic rings. The molecule has 0 bridgehead atoms. The highest BCUT2D eigenvalue weighted by molar-refractivity contribution is 5.78. The standard InChI is InChI=1S/C12H18N2O2/c13-6-5-12(15)14-7-8-16-9-10-3-1-2-4-11(10)14/h10-11H,1-5,7-9H2/t10-,11+/m0/s1. The summed E-state index contributed by atoms with van der Waals surface area (Å²) in [7, 11) is 0. The van der Waals surface area contributed by atoms with Crippen molar-refractivity contribution in [1.29, 1.82) is 5.26 Å². The monoisotopic (exact) mass is 222 g/mol. The Hall–Kier alpha value is -1.08. The van der Waals surface area contributed by atoms with E-state index in [9.17, 15) is 4.79 Å². The molecule has 4 nitrogen and oxygen atoms in total. The molecule has 0 spiro atoms. The predicted octanol–water partition coefficient (Wildman–Crippen LogP) is 1.32. The highest BCUT2D eigenvalue weighted by Gasteiger charge is 2.34. The molecule has 1 aliphatic heterocycles. The van der Waals surface area contributed by atoms with E-state index in [1.54, 1.807) is 0 Å². The lowest BCUT2D eigenvalue weighted by Gasteiger charge is -2.37. The third-order valence-corrected chi connectivity index (χ3v) is 3.63. The van der Waals surface area contributed by atoms with E-state index < -0.39 is 0 Å². The second-order valence-electron chi connectivity index (χ2n) is 4.61. The first-order chi connectivity index (χ1) is 7.83. The Morgan fingerprint density at radius 3 is 3.06 bits per heavy atom. The summed E-state index contributed by atoms with van der Waals surface area (Å²) < 4.78 is 5.55. The predicted molar refractivity (Wildman–Crippen MR) is 58.5 cm³/mol. The Labute approximate surface area is 96.2 Å². The van der Waals surface area contributed by atoms with Gasteiger partial charge in [-0.2, -0.15) is 5.26 Å². The van der Waals surface area contributed by atoms with Crippen LogP contribution in [-0.2, 0) is 9.53 Å². The van der Waals surface area contributed by atoms with E-state index in [1.165, 1.54) is 12.8 Å². The van der Waals surface area contributed by atoms with Gasteiger partial charge in [0.1, 0.15) is 6.42 Å². The van der Waals surface area contributed by atoms with Gasteiger partial charge in [-0.3, -0.25) is 4.79 Å². The molecule has 0 N–H and O–H groups in total. The van der Waals surface area contributed by atoms with E-state index in [-0.39, 0.29) is 12.3 Å². The van der Waals surface area contributed by atoms with Gasteiger partial charge in [0.05, 0.1) is 19.3 Å². The molecule has 0 aromatic carbocycles. The molecule has 1 amide bonds. The minimum atomic E-state index is -0.0232. The van der Waals surface area contributed by atoms with Crippen molar-refractivity contribution in [1.82, 2.24) is 4.90 Å². The van der Waals surface area contributed by atoms with Gasteiger partial charge in [0.2, 0.25) is 5.91 Å². The first kappa shape index (κ1) is 11.4. The van der Waals surface area contributed by atoms with Crippen LogP contribution < -0.4 is 0 Å². The van der Waals surface area contributed by atoms with Crippen molar-refractivity contribution in [3.8, 4) is 6.07 Å². The van der Waals surface area contributed by atoms with Crippen LogP contribution in [0.1, 0.15) is 32.1 Å². The summed E-state index contributed by atoms with van der Waals surface area (Å²) in [5.74, 6) is 0.462. The van der Waals surface area contributed by atoms with Crippen LogP contribution in [0.25, 0.3) is 0 Å². The molecule has 2 fully saturated rings. The molecule has 0 radical (unpaired) electrons. The molecule has 1 aliphatic carbocycles. The maximum Gasteiger partial charge on any atom is 0.237 e. The molecule has 2 atom stereocenters. The van der Waals surface area contributed by atoms with Gasteiger partial charge in [0.25, 0.3) is 0 Å². The Kier molecular flexibility index (Phi) is 3.79. The number of nitriles is 1. The number of amides is 1. The molecule has 0 aromatic heterocycles. The fraction of sp³-hybridized carbons (Fsp3) is 0.833. The lowest BCUT2D eigenvalue weighted by atomic mass is 9.84. The van der Waals surface area contributed by atoms with Crippen molar-refractivity contribution >= 4 is 5.91 Å². The van der Waals surface area contributed by atoms with E-state index in [2.05, 4.69) is 0 Å². The smallest absolute Gasteiger partial charge is 0.237 e. The molecular formula is C12H18N2O2. The first-order valence-electron chi connectivity index (χ1n) is 6.07. The maximum absolute atomic E-state index is 11.9. The van der Waals surface area contributed by atoms with Crippen molar-refractivity contribution in [3.63, 3.8) is 0 Å². The largest absolute Gasteiger partial charge is 0.379 e. The Morgan fingerprint density at radius 2 is 2.25 bits per heavy atom. The summed E-state index contributed by atoms with van der Waals surface area (Å²) in [4.78, 5) is 13.7. The zero-order chi connectivity index (χ0) is 11.4. The third-order valence-electron chi connectivity index (χ3n) is 3.63. The van der Waals surface area contributed by atoms with Crippen molar-refractivity contribution in [2.24, 2.45) is 5.92 Å². The second kappa shape index (κ2) is 5.31. The van der Waals surface area contributed by atoms with Crippen LogP contribution in [0.3, 0.4) is 0 Å². The summed E-state index contributed by atoms with van der Waals surface area (Å²) in [5, 5.41) is 8.60. The number of fused-ring (bicyclic) bond motifs is 1. The average Bonchev–Trinajstić information content (AvgIpc) is 2.51. The van der Waals surface area contributed by atoms with E-state index in [4.69, 9.17) is 10.00 Å². The van der Waals surface area contributed by atoms with Gasteiger partial charge >= 0.3 is 0 Å². The highest BCUT2D eigenvalue weighted by Crippen LogP contribution is 2.30. The van der Waals surface area contributed by atoms with Gasteiger partial charge in [-0.1, -0.05) is 12.8 Å². The number of carbonyl (C=O) groups excluding carboxylic acids is 1. The minimum Gasteiger partial charge on any atom is -0.379 e. The zero-order valence-corrected chi connectivity index (χ0v) is 9.52. The third kappa shape index (κ3) is 2.35. The number of ether oxygens (including phenoxy) is 1. The lowest BCUT2D eigenvalue weighted by Crippen LogP contribution is -2.46. The molecule has 16 heavy (non-hydrogen) atoms. The number of rotatable bonds is 1.